The molecule has 1 amide bonds. The van der Waals surface area contributed by atoms with Crippen molar-refractivity contribution in [3.63, 3.8) is 0 Å². The first-order valence-corrected chi connectivity index (χ1v) is 6.01. The third-order valence-electron chi connectivity index (χ3n) is 3.08. The van der Waals surface area contributed by atoms with Crippen molar-refractivity contribution >= 4 is 5.91 Å². The first kappa shape index (κ1) is 12.1. The Morgan fingerprint density at radius 1 is 1.47 bits per heavy atom. The molecule has 1 aromatic rings. The second-order valence-corrected chi connectivity index (χ2v) is 4.30. The zero-order valence-electron chi connectivity index (χ0n) is 9.73. The van der Waals surface area contributed by atoms with Gasteiger partial charge >= 0.3 is 0 Å². The molecular formula is C13H18N2O2. The minimum Gasteiger partial charge on any atom is -0.394 e. The average Bonchev–Trinajstić information content (AvgIpc) is 2.90. The quantitative estimate of drug-likeness (QED) is 0.714. The Labute approximate surface area is 101 Å². The standard InChI is InChI=1S/C13H18N2O2/c16-9-12(10-5-2-1-3-6-10)15-13(17)11-7-4-8-14-11/h1-3,5-6,11-12,14,16H,4,7-9H2,(H,15,17). The number of hydrogen-bond acceptors (Lipinski definition) is 3. The summed E-state index contributed by atoms with van der Waals surface area (Å²) in [7, 11) is 0. The van der Waals surface area contributed by atoms with Crippen LogP contribution in [0.2, 0.25) is 0 Å². The first-order chi connectivity index (χ1) is 8.31. The van der Waals surface area contributed by atoms with Gasteiger partial charge in [0.25, 0.3) is 0 Å². The summed E-state index contributed by atoms with van der Waals surface area (Å²) in [5.41, 5.74) is 0.932. The summed E-state index contributed by atoms with van der Waals surface area (Å²) < 4.78 is 0. The molecule has 1 saturated heterocycles. The van der Waals surface area contributed by atoms with Gasteiger partial charge in [-0.1, -0.05) is 30.3 Å². The number of hydrogen-bond donors (Lipinski definition) is 3. The van der Waals surface area contributed by atoms with Crippen molar-refractivity contribution in [1.82, 2.24) is 10.6 Å². The molecular weight excluding hydrogens is 216 g/mol. The van der Waals surface area contributed by atoms with Gasteiger partial charge in [0.15, 0.2) is 0 Å². The summed E-state index contributed by atoms with van der Waals surface area (Å²) in [4.78, 5) is 11.9. The van der Waals surface area contributed by atoms with Crippen molar-refractivity contribution in [3.8, 4) is 0 Å². The molecule has 0 aliphatic carbocycles. The van der Waals surface area contributed by atoms with Gasteiger partial charge in [-0.2, -0.15) is 0 Å². The van der Waals surface area contributed by atoms with Crippen LogP contribution >= 0.6 is 0 Å². The number of nitrogens with one attached hydrogen (secondary N) is 2. The second kappa shape index (κ2) is 5.80. The fraction of sp³-hybridized carbons (Fsp3) is 0.462. The van der Waals surface area contributed by atoms with Gasteiger partial charge in [0.1, 0.15) is 0 Å². The molecule has 2 rings (SSSR count). The van der Waals surface area contributed by atoms with E-state index < -0.39 is 0 Å². The highest BCUT2D eigenvalue weighted by Gasteiger charge is 2.24. The summed E-state index contributed by atoms with van der Waals surface area (Å²) in [6, 6.07) is 9.11. The van der Waals surface area contributed by atoms with E-state index in [0.29, 0.717) is 0 Å². The average molecular weight is 234 g/mol. The van der Waals surface area contributed by atoms with Gasteiger partial charge in [-0.05, 0) is 24.9 Å². The van der Waals surface area contributed by atoms with Gasteiger partial charge in [-0.25, -0.2) is 0 Å². The van der Waals surface area contributed by atoms with E-state index in [2.05, 4.69) is 10.6 Å². The molecule has 3 N–H and O–H groups in total. The number of rotatable bonds is 4. The van der Waals surface area contributed by atoms with E-state index in [1.165, 1.54) is 0 Å². The van der Waals surface area contributed by atoms with Crippen molar-refractivity contribution in [3.05, 3.63) is 35.9 Å². The summed E-state index contributed by atoms with van der Waals surface area (Å²) in [5, 5.41) is 15.4. The van der Waals surface area contributed by atoms with Crippen LogP contribution in [-0.2, 0) is 4.79 Å². The molecule has 2 unspecified atom stereocenters. The zero-order chi connectivity index (χ0) is 12.1. The zero-order valence-corrected chi connectivity index (χ0v) is 9.73. The normalized spacial score (nSPS) is 21.1. The fourth-order valence-electron chi connectivity index (χ4n) is 2.10. The van der Waals surface area contributed by atoms with E-state index in [9.17, 15) is 9.90 Å². The largest absolute Gasteiger partial charge is 0.394 e. The predicted octanol–water partition coefficient (Wildman–Crippen LogP) is 0.588. The lowest BCUT2D eigenvalue weighted by Crippen LogP contribution is -2.42. The second-order valence-electron chi connectivity index (χ2n) is 4.30. The molecule has 1 heterocycles. The van der Waals surface area contributed by atoms with E-state index in [4.69, 9.17) is 0 Å². The van der Waals surface area contributed by atoms with Gasteiger partial charge in [0.2, 0.25) is 5.91 Å². The Balaban J connectivity index is 1.97. The number of aliphatic hydroxyl groups excluding tert-OH is 1. The summed E-state index contributed by atoms with van der Waals surface area (Å²) in [6.45, 7) is 0.815. The molecule has 4 nitrogen and oxygen atoms in total. The maximum absolute atomic E-state index is 11.9. The van der Waals surface area contributed by atoms with E-state index in [1.807, 2.05) is 30.3 Å². The fourth-order valence-corrected chi connectivity index (χ4v) is 2.10. The summed E-state index contributed by atoms with van der Waals surface area (Å²) in [5.74, 6) is -0.0228. The molecule has 0 spiro atoms. The molecule has 1 aliphatic heterocycles. The van der Waals surface area contributed by atoms with Crippen LogP contribution in [0.15, 0.2) is 30.3 Å². The van der Waals surface area contributed by atoms with Crippen LogP contribution in [0.3, 0.4) is 0 Å². The van der Waals surface area contributed by atoms with Crippen LogP contribution in [-0.4, -0.2) is 30.2 Å². The van der Waals surface area contributed by atoms with Gasteiger partial charge in [0.05, 0.1) is 18.7 Å². The monoisotopic (exact) mass is 234 g/mol. The van der Waals surface area contributed by atoms with Gasteiger partial charge < -0.3 is 15.7 Å². The minimum atomic E-state index is -0.314. The Bertz CT molecular complexity index is 361. The Morgan fingerprint density at radius 3 is 2.82 bits per heavy atom. The van der Waals surface area contributed by atoms with Crippen molar-refractivity contribution in [2.24, 2.45) is 0 Å². The highest BCUT2D eigenvalue weighted by atomic mass is 16.3. The number of amides is 1. The molecule has 0 saturated carbocycles. The Morgan fingerprint density at radius 2 is 2.24 bits per heavy atom. The van der Waals surface area contributed by atoms with Crippen molar-refractivity contribution in [2.45, 2.75) is 24.9 Å². The molecule has 0 aromatic heterocycles. The highest BCUT2D eigenvalue weighted by Crippen LogP contribution is 2.13. The molecule has 1 aromatic carbocycles. The van der Waals surface area contributed by atoms with E-state index in [0.717, 1.165) is 24.9 Å². The SMILES string of the molecule is O=C(NC(CO)c1ccccc1)C1CCCN1. The topological polar surface area (TPSA) is 61.4 Å². The van der Waals surface area contributed by atoms with Gasteiger partial charge in [-0.3, -0.25) is 4.79 Å². The third kappa shape index (κ3) is 3.05. The Hall–Kier alpha value is -1.39. The van der Waals surface area contributed by atoms with Gasteiger partial charge in [-0.15, -0.1) is 0 Å². The van der Waals surface area contributed by atoms with Crippen LogP contribution < -0.4 is 10.6 Å². The van der Waals surface area contributed by atoms with Gasteiger partial charge in [0, 0.05) is 0 Å². The van der Waals surface area contributed by atoms with Crippen LogP contribution in [0.5, 0.6) is 0 Å². The Kier molecular flexibility index (Phi) is 4.12. The van der Waals surface area contributed by atoms with E-state index >= 15 is 0 Å². The molecule has 0 radical (unpaired) electrons. The third-order valence-corrected chi connectivity index (χ3v) is 3.08. The van der Waals surface area contributed by atoms with Crippen molar-refractivity contribution < 1.29 is 9.90 Å². The van der Waals surface area contributed by atoms with E-state index in [-0.39, 0.29) is 24.6 Å². The summed E-state index contributed by atoms with van der Waals surface area (Å²) >= 11 is 0. The van der Waals surface area contributed by atoms with Crippen molar-refractivity contribution in [1.29, 1.82) is 0 Å². The predicted molar refractivity (Wildman–Crippen MR) is 65.4 cm³/mol. The van der Waals surface area contributed by atoms with Crippen LogP contribution in [0, 0.1) is 0 Å². The van der Waals surface area contributed by atoms with Crippen LogP contribution in [0.4, 0.5) is 0 Å². The maximum Gasteiger partial charge on any atom is 0.237 e. The van der Waals surface area contributed by atoms with Crippen LogP contribution in [0.25, 0.3) is 0 Å². The molecule has 1 fully saturated rings. The molecule has 2 atom stereocenters. The molecule has 4 heteroatoms. The lowest BCUT2D eigenvalue weighted by Gasteiger charge is -2.19. The highest BCUT2D eigenvalue weighted by molar-refractivity contribution is 5.82. The minimum absolute atomic E-state index is 0.0228. The molecule has 17 heavy (non-hydrogen) atoms. The van der Waals surface area contributed by atoms with Crippen LogP contribution in [0.1, 0.15) is 24.4 Å². The smallest absolute Gasteiger partial charge is 0.237 e. The number of benzene rings is 1. The number of carbonyl (C=O) groups is 1. The molecule has 92 valence electrons. The first-order valence-electron chi connectivity index (χ1n) is 6.01. The van der Waals surface area contributed by atoms with Crippen molar-refractivity contribution in [2.75, 3.05) is 13.2 Å². The lowest BCUT2D eigenvalue weighted by molar-refractivity contribution is -0.123. The number of aliphatic hydroxyl groups is 1. The van der Waals surface area contributed by atoms with E-state index in [1.54, 1.807) is 0 Å². The lowest BCUT2D eigenvalue weighted by atomic mass is 10.1. The maximum atomic E-state index is 11.9. The number of carbonyl (C=O) groups excluding carboxylic acids is 1. The summed E-state index contributed by atoms with van der Waals surface area (Å²) in [6.07, 6.45) is 1.91. The molecule has 1 aliphatic rings. The molecule has 0 bridgehead atoms.